The van der Waals surface area contributed by atoms with Crippen molar-refractivity contribution in [2.24, 2.45) is 5.84 Å². The Bertz CT molecular complexity index is 451. The van der Waals surface area contributed by atoms with Gasteiger partial charge in [0.25, 0.3) is 0 Å². The fraction of sp³-hybridized carbons (Fsp3) is 0.786. The highest BCUT2D eigenvalue weighted by molar-refractivity contribution is 5.45. The zero-order chi connectivity index (χ0) is 14.5. The van der Waals surface area contributed by atoms with Gasteiger partial charge >= 0.3 is 0 Å². The van der Waals surface area contributed by atoms with Crippen LogP contribution in [0.2, 0.25) is 0 Å². The lowest BCUT2D eigenvalue weighted by Crippen LogP contribution is -2.31. The van der Waals surface area contributed by atoms with Gasteiger partial charge in [0.05, 0.1) is 0 Å². The van der Waals surface area contributed by atoms with E-state index in [2.05, 4.69) is 25.2 Å². The van der Waals surface area contributed by atoms with Gasteiger partial charge in [-0.15, -0.1) is 0 Å². The quantitative estimate of drug-likeness (QED) is 0.645. The number of anilines is 3. The SMILES string of the molecule is NNc1nc(N2CCCCCCC2)nc(N2CCCC2)n1. The second-order valence-corrected chi connectivity index (χ2v) is 5.85. The molecule has 7 heteroatoms. The molecule has 2 aliphatic heterocycles. The Morgan fingerprint density at radius 2 is 1.10 bits per heavy atom. The molecule has 0 spiro atoms. The molecular formula is C14H25N7. The summed E-state index contributed by atoms with van der Waals surface area (Å²) in [5, 5.41) is 0. The molecule has 116 valence electrons. The molecule has 0 aliphatic carbocycles. The van der Waals surface area contributed by atoms with Gasteiger partial charge in [-0.1, -0.05) is 19.3 Å². The fourth-order valence-electron chi connectivity index (χ4n) is 3.07. The van der Waals surface area contributed by atoms with Gasteiger partial charge in [-0.25, -0.2) is 5.84 Å². The standard InChI is InChI=1S/C14H25N7/c15-19-12-16-13(20-8-4-2-1-3-5-9-20)18-14(17-12)21-10-6-7-11-21/h1-11,15H2,(H,16,17,18,19). The Balaban J connectivity index is 1.83. The summed E-state index contributed by atoms with van der Waals surface area (Å²) in [6, 6.07) is 0. The van der Waals surface area contributed by atoms with E-state index in [1.54, 1.807) is 0 Å². The third-order valence-electron chi connectivity index (χ3n) is 4.27. The molecule has 2 fully saturated rings. The molecule has 0 bridgehead atoms. The number of hydrogen-bond acceptors (Lipinski definition) is 7. The van der Waals surface area contributed by atoms with Crippen LogP contribution in [0.5, 0.6) is 0 Å². The van der Waals surface area contributed by atoms with Crippen molar-refractivity contribution in [1.29, 1.82) is 0 Å². The van der Waals surface area contributed by atoms with Gasteiger partial charge in [0, 0.05) is 26.2 Å². The van der Waals surface area contributed by atoms with Crippen molar-refractivity contribution in [2.75, 3.05) is 41.4 Å². The van der Waals surface area contributed by atoms with Crippen LogP contribution in [0.15, 0.2) is 0 Å². The maximum atomic E-state index is 5.53. The van der Waals surface area contributed by atoms with Crippen LogP contribution < -0.4 is 21.1 Å². The number of hydrogen-bond donors (Lipinski definition) is 2. The van der Waals surface area contributed by atoms with Crippen molar-refractivity contribution in [1.82, 2.24) is 15.0 Å². The number of nitrogens with zero attached hydrogens (tertiary/aromatic N) is 5. The molecule has 2 aliphatic rings. The van der Waals surface area contributed by atoms with Crippen LogP contribution in [0.3, 0.4) is 0 Å². The van der Waals surface area contributed by atoms with E-state index in [1.165, 1.54) is 44.9 Å². The van der Waals surface area contributed by atoms with Crippen molar-refractivity contribution < 1.29 is 0 Å². The van der Waals surface area contributed by atoms with Gasteiger partial charge < -0.3 is 9.80 Å². The van der Waals surface area contributed by atoms with E-state index in [0.717, 1.165) is 38.1 Å². The number of nitrogens with one attached hydrogen (secondary N) is 1. The van der Waals surface area contributed by atoms with Crippen molar-refractivity contribution in [3.05, 3.63) is 0 Å². The molecule has 3 heterocycles. The highest BCUT2D eigenvalue weighted by Crippen LogP contribution is 2.21. The molecule has 3 N–H and O–H groups in total. The summed E-state index contributed by atoms with van der Waals surface area (Å²) >= 11 is 0. The molecule has 0 amide bonds. The molecule has 0 unspecified atom stereocenters. The molecular weight excluding hydrogens is 266 g/mol. The van der Waals surface area contributed by atoms with Crippen LogP contribution >= 0.6 is 0 Å². The molecule has 7 nitrogen and oxygen atoms in total. The van der Waals surface area contributed by atoms with E-state index in [9.17, 15) is 0 Å². The Morgan fingerprint density at radius 3 is 1.57 bits per heavy atom. The van der Waals surface area contributed by atoms with Crippen LogP contribution in [0.4, 0.5) is 17.8 Å². The molecule has 3 rings (SSSR count). The van der Waals surface area contributed by atoms with Gasteiger partial charge in [0.2, 0.25) is 17.8 Å². The second-order valence-electron chi connectivity index (χ2n) is 5.85. The topological polar surface area (TPSA) is 83.2 Å². The Labute approximate surface area is 125 Å². The summed E-state index contributed by atoms with van der Waals surface area (Å²) in [6.45, 7) is 4.09. The van der Waals surface area contributed by atoms with Crippen LogP contribution in [-0.4, -0.2) is 41.1 Å². The first-order chi connectivity index (χ1) is 10.4. The lowest BCUT2D eigenvalue weighted by atomic mass is 10.1. The Kier molecular flexibility index (Phi) is 4.69. The van der Waals surface area contributed by atoms with E-state index in [0.29, 0.717) is 5.95 Å². The lowest BCUT2D eigenvalue weighted by molar-refractivity contribution is 0.550. The van der Waals surface area contributed by atoms with Gasteiger partial charge in [0.15, 0.2) is 0 Å². The van der Waals surface area contributed by atoms with Crippen LogP contribution in [0.1, 0.15) is 44.9 Å². The largest absolute Gasteiger partial charge is 0.341 e. The third-order valence-corrected chi connectivity index (χ3v) is 4.27. The van der Waals surface area contributed by atoms with Gasteiger partial charge in [-0.2, -0.15) is 15.0 Å². The number of aromatic nitrogens is 3. The first kappa shape index (κ1) is 14.3. The highest BCUT2D eigenvalue weighted by atomic mass is 15.4. The number of nitrogens with two attached hydrogens (primary N) is 1. The van der Waals surface area contributed by atoms with Crippen molar-refractivity contribution in [2.45, 2.75) is 44.9 Å². The smallest absolute Gasteiger partial charge is 0.243 e. The van der Waals surface area contributed by atoms with Gasteiger partial charge in [-0.05, 0) is 25.7 Å². The van der Waals surface area contributed by atoms with E-state index < -0.39 is 0 Å². The van der Waals surface area contributed by atoms with Gasteiger partial charge in [-0.3, -0.25) is 5.43 Å². The van der Waals surface area contributed by atoms with Crippen molar-refractivity contribution in [3.63, 3.8) is 0 Å². The molecule has 0 atom stereocenters. The van der Waals surface area contributed by atoms with Crippen molar-refractivity contribution >= 4 is 17.8 Å². The summed E-state index contributed by atoms with van der Waals surface area (Å²) < 4.78 is 0. The predicted molar refractivity (Wildman–Crippen MR) is 84.4 cm³/mol. The average Bonchev–Trinajstić information content (AvgIpc) is 3.00. The number of rotatable bonds is 3. The molecule has 0 radical (unpaired) electrons. The Morgan fingerprint density at radius 1 is 0.667 bits per heavy atom. The lowest BCUT2D eigenvalue weighted by Gasteiger charge is -2.26. The Hall–Kier alpha value is -1.63. The highest BCUT2D eigenvalue weighted by Gasteiger charge is 2.20. The molecule has 1 aromatic heterocycles. The van der Waals surface area contributed by atoms with Crippen LogP contribution in [-0.2, 0) is 0 Å². The van der Waals surface area contributed by atoms with Crippen molar-refractivity contribution in [3.8, 4) is 0 Å². The summed E-state index contributed by atoms with van der Waals surface area (Å²) in [5.74, 6) is 7.52. The van der Waals surface area contributed by atoms with E-state index >= 15 is 0 Å². The van der Waals surface area contributed by atoms with E-state index in [-0.39, 0.29) is 0 Å². The zero-order valence-electron chi connectivity index (χ0n) is 12.6. The summed E-state index contributed by atoms with van der Waals surface area (Å²) in [7, 11) is 0. The molecule has 0 aromatic carbocycles. The number of hydrazine groups is 1. The van der Waals surface area contributed by atoms with E-state index in [1.807, 2.05) is 0 Å². The summed E-state index contributed by atoms with van der Waals surface area (Å²) in [6.07, 6.45) is 8.75. The zero-order valence-corrected chi connectivity index (χ0v) is 12.6. The molecule has 1 aromatic rings. The van der Waals surface area contributed by atoms with E-state index in [4.69, 9.17) is 10.8 Å². The first-order valence-corrected chi connectivity index (χ1v) is 8.09. The normalized spacial score (nSPS) is 20.2. The monoisotopic (exact) mass is 291 g/mol. The third kappa shape index (κ3) is 3.53. The van der Waals surface area contributed by atoms with Gasteiger partial charge in [0.1, 0.15) is 0 Å². The summed E-state index contributed by atoms with van der Waals surface area (Å²) in [4.78, 5) is 18.1. The maximum absolute atomic E-state index is 5.53. The number of nitrogen functional groups attached to an aromatic ring is 1. The molecule has 2 saturated heterocycles. The molecule has 0 saturated carbocycles. The van der Waals surface area contributed by atoms with Crippen LogP contribution in [0, 0.1) is 0 Å². The first-order valence-electron chi connectivity index (χ1n) is 8.09. The second kappa shape index (κ2) is 6.89. The average molecular weight is 291 g/mol. The molecule has 21 heavy (non-hydrogen) atoms. The minimum absolute atomic E-state index is 0.462. The predicted octanol–water partition coefficient (Wildman–Crippen LogP) is 1.53. The maximum Gasteiger partial charge on any atom is 0.243 e. The summed E-state index contributed by atoms with van der Waals surface area (Å²) in [5.41, 5.74) is 2.58. The minimum atomic E-state index is 0.462. The van der Waals surface area contributed by atoms with Crippen LogP contribution in [0.25, 0.3) is 0 Å². The minimum Gasteiger partial charge on any atom is -0.341 e. The fourth-order valence-corrected chi connectivity index (χ4v) is 3.07.